The lowest BCUT2D eigenvalue weighted by Gasteiger charge is -2.31. The molecular weight excluding hydrogens is 244 g/mol. The van der Waals surface area contributed by atoms with Crippen molar-refractivity contribution >= 4 is 11.9 Å². The molecule has 1 saturated heterocycles. The van der Waals surface area contributed by atoms with Gasteiger partial charge in [-0.15, -0.1) is 0 Å². The van der Waals surface area contributed by atoms with Gasteiger partial charge in [0, 0.05) is 25.5 Å². The Labute approximate surface area is 112 Å². The third-order valence-corrected chi connectivity index (χ3v) is 3.37. The number of amides is 1. The van der Waals surface area contributed by atoms with Crippen LogP contribution in [0.2, 0.25) is 0 Å². The molecule has 1 fully saturated rings. The van der Waals surface area contributed by atoms with Crippen molar-refractivity contribution in [2.24, 2.45) is 5.92 Å². The zero-order valence-corrected chi connectivity index (χ0v) is 11.3. The number of esters is 1. The summed E-state index contributed by atoms with van der Waals surface area (Å²) in [5.41, 5.74) is 1.53. The highest BCUT2D eigenvalue weighted by molar-refractivity contribution is 5.94. The number of piperidine rings is 1. The summed E-state index contributed by atoms with van der Waals surface area (Å²) in [4.78, 5) is 29.6. The number of likely N-dealkylation sites (tertiary alicyclic amines) is 1. The molecule has 0 aromatic carbocycles. The Morgan fingerprint density at radius 3 is 2.89 bits per heavy atom. The van der Waals surface area contributed by atoms with E-state index in [1.807, 2.05) is 13.0 Å². The van der Waals surface area contributed by atoms with E-state index in [9.17, 15) is 9.59 Å². The SMILES string of the molecule is COC(=O)[C@H]1CCCN(C(=O)c2cncc(C)c2)C1. The minimum atomic E-state index is -0.236. The van der Waals surface area contributed by atoms with E-state index >= 15 is 0 Å². The molecule has 1 aromatic rings. The second kappa shape index (κ2) is 5.82. The Morgan fingerprint density at radius 2 is 2.21 bits per heavy atom. The molecule has 1 aliphatic rings. The van der Waals surface area contributed by atoms with Gasteiger partial charge in [-0.2, -0.15) is 0 Å². The third kappa shape index (κ3) is 3.10. The van der Waals surface area contributed by atoms with Crippen molar-refractivity contribution in [1.29, 1.82) is 0 Å². The monoisotopic (exact) mass is 262 g/mol. The molecule has 102 valence electrons. The molecule has 0 bridgehead atoms. The maximum atomic E-state index is 12.3. The van der Waals surface area contributed by atoms with Crippen molar-refractivity contribution in [2.75, 3.05) is 20.2 Å². The number of ether oxygens (including phenoxy) is 1. The van der Waals surface area contributed by atoms with Gasteiger partial charge in [-0.3, -0.25) is 14.6 Å². The molecule has 1 amide bonds. The van der Waals surface area contributed by atoms with Crippen LogP contribution in [0.5, 0.6) is 0 Å². The van der Waals surface area contributed by atoms with Gasteiger partial charge in [0.05, 0.1) is 18.6 Å². The molecule has 2 rings (SSSR count). The second-order valence-electron chi connectivity index (χ2n) is 4.86. The van der Waals surface area contributed by atoms with Gasteiger partial charge in [-0.25, -0.2) is 0 Å². The second-order valence-corrected chi connectivity index (χ2v) is 4.86. The lowest BCUT2D eigenvalue weighted by molar-refractivity contribution is -0.146. The number of pyridine rings is 1. The van der Waals surface area contributed by atoms with E-state index in [1.54, 1.807) is 17.3 Å². The van der Waals surface area contributed by atoms with Crippen molar-refractivity contribution in [3.63, 3.8) is 0 Å². The average molecular weight is 262 g/mol. The predicted octanol–water partition coefficient (Wildman–Crippen LogP) is 1.42. The molecule has 2 heterocycles. The standard InChI is InChI=1S/C14H18N2O3/c1-10-6-12(8-15-7-10)13(17)16-5-3-4-11(9-16)14(18)19-2/h6-8,11H,3-5,9H2,1-2H3/t11-/m0/s1. The summed E-state index contributed by atoms with van der Waals surface area (Å²) < 4.78 is 4.75. The minimum Gasteiger partial charge on any atom is -0.469 e. The quantitative estimate of drug-likeness (QED) is 0.756. The fraction of sp³-hybridized carbons (Fsp3) is 0.500. The molecule has 0 radical (unpaired) electrons. The van der Waals surface area contributed by atoms with Gasteiger partial charge >= 0.3 is 5.97 Å². The lowest BCUT2D eigenvalue weighted by atomic mass is 9.97. The molecule has 0 aliphatic carbocycles. The van der Waals surface area contributed by atoms with Crippen molar-refractivity contribution in [3.8, 4) is 0 Å². The van der Waals surface area contributed by atoms with Gasteiger partial charge in [0.25, 0.3) is 5.91 Å². The summed E-state index contributed by atoms with van der Waals surface area (Å²) in [6.45, 7) is 3.01. The van der Waals surface area contributed by atoms with Crippen LogP contribution < -0.4 is 0 Å². The van der Waals surface area contributed by atoms with Crippen LogP contribution in [0.4, 0.5) is 0 Å². The molecular formula is C14H18N2O3. The summed E-state index contributed by atoms with van der Waals surface area (Å²) in [6.07, 6.45) is 4.88. The summed E-state index contributed by atoms with van der Waals surface area (Å²) in [5.74, 6) is -0.509. The normalized spacial score (nSPS) is 19.1. The molecule has 5 heteroatoms. The van der Waals surface area contributed by atoms with Gasteiger partial charge in [0.15, 0.2) is 0 Å². The number of carbonyl (C=O) groups is 2. The molecule has 0 saturated carbocycles. The zero-order valence-electron chi connectivity index (χ0n) is 11.3. The number of nitrogens with zero attached hydrogens (tertiary/aromatic N) is 2. The Bertz CT molecular complexity index is 487. The first-order chi connectivity index (χ1) is 9.11. The molecule has 0 N–H and O–H groups in total. The van der Waals surface area contributed by atoms with Crippen LogP contribution in [0, 0.1) is 12.8 Å². The Kier molecular flexibility index (Phi) is 4.14. The van der Waals surface area contributed by atoms with E-state index in [0.29, 0.717) is 18.7 Å². The van der Waals surface area contributed by atoms with Crippen LogP contribution in [0.25, 0.3) is 0 Å². The molecule has 0 unspecified atom stereocenters. The highest BCUT2D eigenvalue weighted by Crippen LogP contribution is 2.19. The highest BCUT2D eigenvalue weighted by Gasteiger charge is 2.29. The maximum absolute atomic E-state index is 12.3. The van der Waals surface area contributed by atoms with E-state index < -0.39 is 0 Å². The highest BCUT2D eigenvalue weighted by atomic mass is 16.5. The Balaban J connectivity index is 2.09. The largest absolute Gasteiger partial charge is 0.469 e. The number of methoxy groups -OCH3 is 1. The fourth-order valence-electron chi connectivity index (χ4n) is 2.38. The van der Waals surface area contributed by atoms with Crippen LogP contribution in [0.1, 0.15) is 28.8 Å². The number of aromatic nitrogens is 1. The minimum absolute atomic E-state index is 0.0650. The van der Waals surface area contributed by atoms with Crippen molar-refractivity contribution < 1.29 is 14.3 Å². The molecule has 19 heavy (non-hydrogen) atoms. The average Bonchev–Trinajstić information content (AvgIpc) is 2.45. The van der Waals surface area contributed by atoms with E-state index in [1.165, 1.54) is 7.11 Å². The van der Waals surface area contributed by atoms with Crippen LogP contribution in [-0.2, 0) is 9.53 Å². The first kappa shape index (κ1) is 13.5. The van der Waals surface area contributed by atoms with Crippen LogP contribution in [0.3, 0.4) is 0 Å². The first-order valence-corrected chi connectivity index (χ1v) is 6.40. The van der Waals surface area contributed by atoms with Gasteiger partial charge in [-0.1, -0.05) is 0 Å². The molecule has 5 nitrogen and oxygen atoms in total. The molecule has 1 atom stereocenters. The number of hydrogen-bond donors (Lipinski definition) is 0. The summed E-state index contributed by atoms with van der Waals surface area (Å²) >= 11 is 0. The number of rotatable bonds is 2. The van der Waals surface area contributed by atoms with Crippen LogP contribution >= 0.6 is 0 Å². The fourth-order valence-corrected chi connectivity index (χ4v) is 2.38. The topological polar surface area (TPSA) is 59.5 Å². The number of hydrogen-bond acceptors (Lipinski definition) is 4. The first-order valence-electron chi connectivity index (χ1n) is 6.40. The maximum Gasteiger partial charge on any atom is 0.310 e. The summed E-state index contributed by atoms with van der Waals surface area (Å²) in [5, 5.41) is 0. The van der Waals surface area contributed by atoms with Crippen molar-refractivity contribution in [2.45, 2.75) is 19.8 Å². The van der Waals surface area contributed by atoms with Crippen LogP contribution in [0.15, 0.2) is 18.5 Å². The van der Waals surface area contributed by atoms with Crippen molar-refractivity contribution in [3.05, 3.63) is 29.6 Å². The van der Waals surface area contributed by atoms with E-state index in [4.69, 9.17) is 4.74 Å². The summed E-state index contributed by atoms with van der Waals surface area (Å²) in [6, 6.07) is 1.82. The van der Waals surface area contributed by atoms with E-state index in [-0.39, 0.29) is 17.8 Å². The van der Waals surface area contributed by atoms with Gasteiger partial charge in [0.2, 0.25) is 0 Å². The smallest absolute Gasteiger partial charge is 0.310 e. The molecule has 0 spiro atoms. The van der Waals surface area contributed by atoms with Gasteiger partial charge in [0.1, 0.15) is 0 Å². The van der Waals surface area contributed by atoms with Crippen molar-refractivity contribution in [1.82, 2.24) is 9.88 Å². The molecule has 1 aliphatic heterocycles. The lowest BCUT2D eigenvalue weighted by Crippen LogP contribution is -2.42. The molecule has 1 aromatic heterocycles. The van der Waals surface area contributed by atoms with E-state index in [2.05, 4.69) is 4.98 Å². The zero-order chi connectivity index (χ0) is 13.8. The number of carbonyl (C=O) groups excluding carboxylic acids is 2. The predicted molar refractivity (Wildman–Crippen MR) is 69.6 cm³/mol. The Morgan fingerprint density at radius 1 is 1.42 bits per heavy atom. The summed E-state index contributed by atoms with van der Waals surface area (Å²) in [7, 11) is 1.38. The van der Waals surface area contributed by atoms with E-state index in [0.717, 1.165) is 18.4 Å². The number of aryl methyl sites for hydroxylation is 1. The van der Waals surface area contributed by atoms with Gasteiger partial charge < -0.3 is 9.64 Å². The third-order valence-electron chi connectivity index (χ3n) is 3.37. The van der Waals surface area contributed by atoms with Crippen LogP contribution in [-0.4, -0.2) is 42.0 Å². The Hall–Kier alpha value is -1.91. The van der Waals surface area contributed by atoms with Gasteiger partial charge in [-0.05, 0) is 31.4 Å².